The molecule has 43 heavy (non-hydrogen) atoms. The number of hydrogen-bond donors (Lipinski definition) is 0. The van der Waals surface area contributed by atoms with Crippen LogP contribution in [0.25, 0.3) is 32.1 Å². The van der Waals surface area contributed by atoms with Crippen LogP contribution in [0.3, 0.4) is 0 Å². The fraction of sp³-hybridized carbons (Fsp3) is 0.312. The van der Waals surface area contributed by atoms with Gasteiger partial charge in [0.05, 0.1) is 11.8 Å². The predicted octanol–water partition coefficient (Wildman–Crippen LogP) is 2.10. The van der Waals surface area contributed by atoms with E-state index in [0.29, 0.717) is 17.7 Å². The van der Waals surface area contributed by atoms with Gasteiger partial charge in [0.15, 0.2) is 0 Å². The Morgan fingerprint density at radius 2 is 1.67 bits per heavy atom. The highest BCUT2D eigenvalue weighted by atomic mass is 35.5. The summed E-state index contributed by atoms with van der Waals surface area (Å²) < 4.78 is 24.5. The number of methoxy groups -OCH3 is 1. The number of ether oxygens (including phenoxy) is 3. The maximum atomic E-state index is 14.4. The van der Waals surface area contributed by atoms with Gasteiger partial charge in [-0.3, -0.25) is 9.36 Å². The van der Waals surface area contributed by atoms with Crippen molar-refractivity contribution in [3.63, 3.8) is 0 Å². The van der Waals surface area contributed by atoms with Crippen LogP contribution in [-0.2, 0) is 27.3 Å². The molecular weight excluding hydrogens is 622 g/mol. The summed E-state index contributed by atoms with van der Waals surface area (Å²) in [4.78, 5) is 17.7. The largest absolute Gasteiger partial charge is 1.00 e. The predicted molar refractivity (Wildman–Crippen MR) is 174 cm³/mol. The SMILES string of the molecule is CCOC(Cn1c(=Cc2sc3ccccc3[n+]2CC)sc(=C2Sc3c(ccc4ccccc34)N2C)c1=O)(OC)OCC.[Cl-]. The average Bonchev–Trinajstić information content (AvgIpc) is 3.64. The van der Waals surface area contributed by atoms with Crippen LogP contribution >= 0.6 is 34.4 Å². The number of anilines is 1. The molecule has 0 atom stereocenters. The van der Waals surface area contributed by atoms with Crippen LogP contribution in [0.1, 0.15) is 25.8 Å². The van der Waals surface area contributed by atoms with E-state index in [1.807, 2.05) is 20.9 Å². The first-order valence-electron chi connectivity index (χ1n) is 14.1. The summed E-state index contributed by atoms with van der Waals surface area (Å²) in [6, 6.07) is 21.1. The second-order valence-electron chi connectivity index (χ2n) is 9.81. The van der Waals surface area contributed by atoms with Crippen LogP contribution in [0.15, 0.2) is 70.4 Å². The van der Waals surface area contributed by atoms with Gasteiger partial charge in [0.2, 0.25) is 5.52 Å². The van der Waals surface area contributed by atoms with Crippen molar-refractivity contribution in [2.24, 2.45) is 0 Å². The number of aryl methyl sites for hydroxylation is 1. The molecule has 3 aromatic carbocycles. The summed E-state index contributed by atoms with van der Waals surface area (Å²) in [6.45, 7) is 7.60. The van der Waals surface area contributed by atoms with Gasteiger partial charge in [0.1, 0.15) is 32.0 Å². The number of fused-ring (bicyclic) bond motifs is 4. The van der Waals surface area contributed by atoms with Gasteiger partial charge in [-0.15, -0.1) is 11.3 Å². The van der Waals surface area contributed by atoms with Gasteiger partial charge >= 0.3 is 5.97 Å². The topological polar surface area (TPSA) is 56.8 Å². The highest BCUT2D eigenvalue weighted by Gasteiger charge is 2.35. The van der Waals surface area contributed by atoms with Crippen LogP contribution in [0.4, 0.5) is 5.69 Å². The molecule has 0 saturated heterocycles. The molecule has 226 valence electrons. The molecule has 0 saturated carbocycles. The van der Waals surface area contributed by atoms with Gasteiger partial charge < -0.3 is 31.5 Å². The molecule has 3 heterocycles. The molecule has 0 unspecified atom stereocenters. The van der Waals surface area contributed by atoms with Crippen molar-refractivity contribution in [1.29, 1.82) is 0 Å². The third-order valence-corrected chi connectivity index (χ3v) is 11.1. The Morgan fingerprint density at radius 1 is 0.953 bits per heavy atom. The third-order valence-electron chi connectivity index (χ3n) is 7.42. The first-order valence-corrected chi connectivity index (χ1v) is 16.5. The van der Waals surface area contributed by atoms with E-state index in [1.165, 1.54) is 37.2 Å². The van der Waals surface area contributed by atoms with E-state index in [9.17, 15) is 4.79 Å². The maximum absolute atomic E-state index is 14.4. The molecule has 1 aliphatic rings. The van der Waals surface area contributed by atoms with Crippen molar-refractivity contribution in [3.05, 3.63) is 85.2 Å². The number of rotatable bonds is 9. The smallest absolute Gasteiger partial charge is 0.301 e. The summed E-state index contributed by atoms with van der Waals surface area (Å²) in [6.07, 6.45) is 2.12. The zero-order valence-electron chi connectivity index (χ0n) is 24.8. The van der Waals surface area contributed by atoms with E-state index in [-0.39, 0.29) is 24.5 Å². The monoisotopic (exact) mass is 655 g/mol. The summed E-state index contributed by atoms with van der Waals surface area (Å²) >= 11 is 4.87. The molecular formula is C32H34ClN3O4S3. The Hall–Kier alpha value is -2.70. The number of hydrogen-bond acceptors (Lipinski definition) is 8. The maximum Gasteiger partial charge on any atom is 0.301 e. The van der Waals surface area contributed by atoms with Crippen LogP contribution in [0.2, 0.25) is 0 Å². The second kappa shape index (κ2) is 13.1. The number of nitrogens with zero attached hydrogens (tertiary/aromatic N) is 3. The highest BCUT2D eigenvalue weighted by molar-refractivity contribution is 8.09. The van der Waals surface area contributed by atoms with E-state index in [2.05, 4.69) is 83.1 Å². The second-order valence-corrected chi connectivity index (χ2v) is 12.9. The molecule has 0 N–H and O–H groups in total. The van der Waals surface area contributed by atoms with Gasteiger partial charge in [-0.2, -0.15) is 4.57 Å². The van der Waals surface area contributed by atoms with Gasteiger partial charge in [0.25, 0.3) is 10.6 Å². The number of thioether (sulfide) groups is 1. The van der Waals surface area contributed by atoms with Crippen molar-refractivity contribution < 1.29 is 31.2 Å². The first kappa shape index (κ1) is 31.7. The molecule has 0 fully saturated rings. The summed E-state index contributed by atoms with van der Waals surface area (Å²) in [5.41, 5.74) is 2.18. The fourth-order valence-electron chi connectivity index (χ4n) is 5.44. The normalized spacial score (nSPS) is 15.0. The average molecular weight is 656 g/mol. The van der Waals surface area contributed by atoms with Gasteiger partial charge in [-0.05, 0) is 43.7 Å². The van der Waals surface area contributed by atoms with E-state index < -0.39 is 5.97 Å². The van der Waals surface area contributed by atoms with E-state index in [4.69, 9.17) is 14.2 Å². The Bertz CT molecular complexity index is 1960. The van der Waals surface area contributed by atoms with E-state index in [1.54, 1.807) is 34.8 Å². The number of thiazole rings is 2. The molecule has 0 radical (unpaired) electrons. The molecule has 1 aliphatic heterocycles. The van der Waals surface area contributed by atoms with Crippen molar-refractivity contribution in [2.45, 2.75) is 44.7 Å². The third kappa shape index (κ3) is 5.66. The van der Waals surface area contributed by atoms with Gasteiger partial charge in [-0.25, -0.2) is 0 Å². The Morgan fingerprint density at radius 3 is 2.40 bits per heavy atom. The molecule has 11 heteroatoms. The van der Waals surface area contributed by atoms with Crippen molar-refractivity contribution in [2.75, 3.05) is 32.3 Å². The zero-order valence-corrected chi connectivity index (χ0v) is 28.0. The minimum Gasteiger partial charge on any atom is -1.00 e. The Labute approximate surface area is 269 Å². The number of benzene rings is 3. The van der Waals surface area contributed by atoms with E-state index in [0.717, 1.165) is 26.9 Å². The molecule has 0 bridgehead atoms. The molecule has 5 aromatic rings. The molecule has 6 rings (SSSR count). The van der Waals surface area contributed by atoms with Gasteiger partial charge in [0, 0.05) is 38.3 Å². The van der Waals surface area contributed by atoms with Crippen LogP contribution < -0.4 is 36.6 Å². The summed E-state index contributed by atoms with van der Waals surface area (Å²) in [7, 11) is 3.59. The van der Waals surface area contributed by atoms with Crippen LogP contribution in [0, 0.1) is 0 Å². The molecule has 0 spiro atoms. The zero-order chi connectivity index (χ0) is 29.4. The van der Waals surface area contributed by atoms with Crippen LogP contribution in [-0.4, -0.2) is 37.9 Å². The van der Waals surface area contributed by atoms with Crippen molar-refractivity contribution >= 4 is 72.2 Å². The van der Waals surface area contributed by atoms with Crippen LogP contribution in [0.5, 0.6) is 0 Å². The van der Waals surface area contributed by atoms with Crippen molar-refractivity contribution in [3.8, 4) is 0 Å². The Balaban J connectivity index is 0.00000368. The molecule has 7 nitrogen and oxygen atoms in total. The number of halogens is 1. The van der Waals surface area contributed by atoms with Gasteiger partial charge in [-0.1, -0.05) is 65.6 Å². The first-order chi connectivity index (χ1) is 20.4. The fourth-order valence-corrected chi connectivity index (χ4v) is 9.20. The lowest BCUT2D eigenvalue weighted by molar-refractivity contribution is -0.665. The lowest BCUT2D eigenvalue weighted by atomic mass is 10.1. The van der Waals surface area contributed by atoms with Crippen molar-refractivity contribution in [1.82, 2.24) is 4.57 Å². The number of para-hydroxylation sites is 1. The molecule has 0 aliphatic carbocycles. The highest BCUT2D eigenvalue weighted by Crippen LogP contribution is 2.48. The quantitative estimate of drug-likeness (QED) is 0.179. The standard InChI is InChI=1S/C32H34N3O4S3.ClH/c1-6-34-23-15-11-12-16-25(23)40-26(34)19-27-35(20-32(37-5,38-7-2)39-8-3)30(36)29(41-27)31-33(4)24-18-17-21-13-9-10-14-22(21)28(24)42-31;/h9-19H,6-8,20H2,1-5H3;1H/q+1;/p-1. The molecule has 2 aromatic heterocycles. The minimum atomic E-state index is -1.38. The van der Waals surface area contributed by atoms with E-state index >= 15 is 0 Å². The minimum absolute atomic E-state index is 0. The lowest BCUT2D eigenvalue weighted by Gasteiger charge is -2.31. The number of aromatic nitrogens is 2. The summed E-state index contributed by atoms with van der Waals surface area (Å²) in [5, 5.41) is 4.36. The Kier molecular flexibility index (Phi) is 9.67. The lowest BCUT2D eigenvalue weighted by Crippen LogP contribution is -3.00. The molecule has 0 amide bonds. The summed E-state index contributed by atoms with van der Waals surface area (Å²) in [5.74, 6) is -1.38.